The van der Waals surface area contributed by atoms with E-state index in [9.17, 15) is 5.11 Å². The molecule has 1 fully saturated rings. The normalized spacial score (nSPS) is 17.1. The first-order chi connectivity index (χ1) is 8.90. The summed E-state index contributed by atoms with van der Waals surface area (Å²) in [6, 6.07) is 6.29. The molecule has 3 nitrogen and oxygen atoms in total. The Hall–Kier alpha value is -1.22. The highest BCUT2D eigenvalue weighted by Crippen LogP contribution is 2.45. The Morgan fingerprint density at radius 3 is 2.47 bits per heavy atom. The zero-order valence-electron chi connectivity index (χ0n) is 12.4. The summed E-state index contributed by atoms with van der Waals surface area (Å²) < 4.78 is 5.41. The van der Waals surface area contributed by atoms with Crippen LogP contribution in [0.2, 0.25) is 0 Å². The summed E-state index contributed by atoms with van der Waals surface area (Å²) in [5.41, 5.74) is 2.53. The fourth-order valence-electron chi connectivity index (χ4n) is 2.16. The van der Waals surface area contributed by atoms with E-state index in [1.807, 2.05) is 6.07 Å². The van der Waals surface area contributed by atoms with Gasteiger partial charge in [0.2, 0.25) is 0 Å². The number of hydrogen-bond acceptors (Lipinski definition) is 3. The molecule has 2 rings (SSSR count). The van der Waals surface area contributed by atoms with Gasteiger partial charge in [0.05, 0.1) is 19.4 Å². The number of aliphatic hydroxyl groups excluding tert-OH is 1. The fourth-order valence-corrected chi connectivity index (χ4v) is 2.16. The maximum absolute atomic E-state index is 9.37. The molecule has 106 valence electrons. The summed E-state index contributed by atoms with van der Waals surface area (Å²) >= 11 is 0. The van der Waals surface area contributed by atoms with Crippen LogP contribution in [0.1, 0.15) is 39.2 Å². The van der Waals surface area contributed by atoms with Gasteiger partial charge in [-0.25, -0.2) is 0 Å². The van der Waals surface area contributed by atoms with Gasteiger partial charge in [-0.1, -0.05) is 26.8 Å². The second kappa shape index (κ2) is 5.04. The van der Waals surface area contributed by atoms with Crippen molar-refractivity contribution >= 4 is 5.69 Å². The minimum absolute atomic E-state index is 0.0999. The molecule has 0 heterocycles. The molecule has 1 aromatic rings. The van der Waals surface area contributed by atoms with Crippen molar-refractivity contribution in [3.8, 4) is 5.75 Å². The highest BCUT2D eigenvalue weighted by molar-refractivity contribution is 5.59. The predicted molar refractivity (Wildman–Crippen MR) is 78.9 cm³/mol. The van der Waals surface area contributed by atoms with E-state index in [-0.39, 0.29) is 17.4 Å². The molecule has 1 aliphatic rings. The van der Waals surface area contributed by atoms with Crippen LogP contribution in [0, 0.1) is 5.41 Å². The maximum atomic E-state index is 9.37. The third-order valence-electron chi connectivity index (χ3n) is 4.01. The zero-order chi connectivity index (χ0) is 14.1. The molecule has 0 aromatic heterocycles. The summed E-state index contributed by atoms with van der Waals surface area (Å²) in [6.45, 7) is 7.69. The van der Waals surface area contributed by atoms with Gasteiger partial charge in [-0.05, 0) is 36.0 Å². The first kappa shape index (κ1) is 14.2. The van der Waals surface area contributed by atoms with Crippen molar-refractivity contribution in [1.82, 2.24) is 0 Å². The second-order valence-corrected chi connectivity index (χ2v) is 6.68. The first-order valence-corrected chi connectivity index (χ1v) is 6.93. The smallest absolute Gasteiger partial charge is 0.141 e. The van der Waals surface area contributed by atoms with E-state index >= 15 is 0 Å². The SMILES string of the molecule is COc1ccc(C(C)(C)C)cc1NCC1(CO)CC1. The van der Waals surface area contributed by atoms with Crippen LogP contribution < -0.4 is 10.1 Å². The molecular weight excluding hydrogens is 238 g/mol. The molecule has 0 radical (unpaired) electrons. The van der Waals surface area contributed by atoms with Crippen LogP contribution in [0.15, 0.2) is 18.2 Å². The molecule has 1 aromatic carbocycles. The zero-order valence-corrected chi connectivity index (χ0v) is 12.4. The van der Waals surface area contributed by atoms with E-state index in [1.54, 1.807) is 7.11 Å². The third-order valence-corrected chi connectivity index (χ3v) is 4.01. The minimum atomic E-state index is 0.0999. The van der Waals surface area contributed by atoms with Gasteiger partial charge in [0.15, 0.2) is 0 Å². The van der Waals surface area contributed by atoms with Crippen molar-refractivity contribution in [3.63, 3.8) is 0 Å². The van der Waals surface area contributed by atoms with E-state index in [0.717, 1.165) is 30.8 Å². The van der Waals surface area contributed by atoms with Crippen molar-refractivity contribution in [2.24, 2.45) is 5.41 Å². The summed E-state index contributed by atoms with van der Waals surface area (Å²) in [6.07, 6.45) is 2.22. The van der Waals surface area contributed by atoms with Crippen molar-refractivity contribution in [2.75, 3.05) is 25.6 Å². The number of aliphatic hydroxyl groups is 1. The molecule has 0 spiro atoms. The van der Waals surface area contributed by atoms with Crippen LogP contribution >= 0.6 is 0 Å². The Balaban J connectivity index is 2.17. The Kier molecular flexibility index (Phi) is 3.77. The highest BCUT2D eigenvalue weighted by atomic mass is 16.5. The molecule has 1 saturated carbocycles. The summed E-state index contributed by atoms with van der Waals surface area (Å²) in [5, 5.41) is 12.8. The van der Waals surface area contributed by atoms with Crippen molar-refractivity contribution in [3.05, 3.63) is 23.8 Å². The van der Waals surface area contributed by atoms with Gasteiger partial charge >= 0.3 is 0 Å². The van der Waals surface area contributed by atoms with E-state index in [1.165, 1.54) is 5.56 Å². The Labute approximate surface area is 116 Å². The quantitative estimate of drug-likeness (QED) is 0.857. The predicted octanol–water partition coefficient (Wildman–Crippen LogP) is 3.18. The van der Waals surface area contributed by atoms with Gasteiger partial charge in [-0.3, -0.25) is 0 Å². The van der Waals surface area contributed by atoms with Crippen LogP contribution in [0.3, 0.4) is 0 Å². The molecule has 2 N–H and O–H groups in total. The monoisotopic (exact) mass is 263 g/mol. The second-order valence-electron chi connectivity index (χ2n) is 6.68. The first-order valence-electron chi connectivity index (χ1n) is 6.93. The van der Waals surface area contributed by atoms with Crippen LogP contribution in [-0.4, -0.2) is 25.4 Å². The minimum Gasteiger partial charge on any atom is -0.495 e. The Bertz CT molecular complexity index is 445. The van der Waals surface area contributed by atoms with Crippen LogP contribution in [-0.2, 0) is 5.41 Å². The average molecular weight is 263 g/mol. The number of methoxy groups -OCH3 is 1. The molecule has 3 heteroatoms. The Morgan fingerprint density at radius 1 is 1.32 bits per heavy atom. The number of ether oxygens (including phenoxy) is 1. The van der Waals surface area contributed by atoms with Gasteiger partial charge in [-0.2, -0.15) is 0 Å². The largest absolute Gasteiger partial charge is 0.495 e. The van der Waals surface area contributed by atoms with E-state index < -0.39 is 0 Å². The molecule has 0 amide bonds. The summed E-state index contributed by atoms with van der Waals surface area (Å²) in [4.78, 5) is 0. The number of nitrogens with one attached hydrogen (secondary N) is 1. The topological polar surface area (TPSA) is 41.5 Å². The van der Waals surface area contributed by atoms with Crippen molar-refractivity contribution in [2.45, 2.75) is 39.0 Å². The van der Waals surface area contributed by atoms with E-state index in [2.05, 4.69) is 38.2 Å². The van der Waals surface area contributed by atoms with E-state index in [4.69, 9.17) is 4.74 Å². The van der Waals surface area contributed by atoms with Crippen molar-refractivity contribution < 1.29 is 9.84 Å². The van der Waals surface area contributed by atoms with Gasteiger partial charge in [0.1, 0.15) is 5.75 Å². The van der Waals surface area contributed by atoms with Crippen LogP contribution in [0.5, 0.6) is 5.75 Å². The number of anilines is 1. The van der Waals surface area contributed by atoms with Gasteiger partial charge in [0.25, 0.3) is 0 Å². The van der Waals surface area contributed by atoms with Crippen LogP contribution in [0.4, 0.5) is 5.69 Å². The van der Waals surface area contributed by atoms with Crippen LogP contribution in [0.25, 0.3) is 0 Å². The lowest BCUT2D eigenvalue weighted by molar-refractivity contribution is 0.219. The van der Waals surface area contributed by atoms with E-state index in [0.29, 0.717) is 0 Å². The highest BCUT2D eigenvalue weighted by Gasteiger charge is 2.41. The summed E-state index contributed by atoms with van der Waals surface area (Å²) in [5.74, 6) is 0.863. The third kappa shape index (κ3) is 3.21. The molecule has 19 heavy (non-hydrogen) atoms. The molecule has 1 aliphatic carbocycles. The standard InChI is InChI=1S/C16H25NO2/c1-15(2,3)12-5-6-14(19-4)13(9-12)17-10-16(11-18)7-8-16/h5-6,9,17-18H,7-8,10-11H2,1-4H3. The lowest BCUT2D eigenvalue weighted by atomic mass is 9.87. The number of benzene rings is 1. The molecule has 0 saturated heterocycles. The number of hydrogen-bond donors (Lipinski definition) is 2. The van der Waals surface area contributed by atoms with Gasteiger partial charge in [0, 0.05) is 12.0 Å². The summed E-state index contributed by atoms with van der Waals surface area (Å²) in [7, 11) is 1.69. The van der Waals surface area contributed by atoms with Crippen molar-refractivity contribution in [1.29, 1.82) is 0 Å². The fraction of sp³-hybridized carbons (Fsp3) is 0.625. The molecule has 0 aliphatic heterocycles. The lowest BCUT2D eigenvalue weighted by Crippen LogP contribution is -2.20. The average Bonchev–Trinajstić information content (AvgIpc) is 3.15. The molecule has 0 unspecified atom stereocenters. The number of rotatable bonds is 5. The molecular formula is C16H25NO2. The van der Waals surface area contributed by atoms with Gasteiger partial charge < -0.3 is 15.2 Å². The van der Waals surface area contributed by atoms with Gasteiger partial charge in [-0.15, -0.1) is 0 Å². The molecule has 0 atom stereocenters. The maximum Gasteiger partial charge on any atom is 0.141 e. The Morgan fingerprint density at radius 2 is 2.00 bits per heavy atom. The lowest BCUT2D eigenvalue weighted by Gasteiger charge is -2.22. The molecule has 0 bridgehead atoms.